The lowest BCUT2D eigenvalue weighted by atomic mass is 10.0. The van der Waals surface area contributed by atoms with E-state index >= 15 is 0 Å². The lowest BCUT2D eigenvalue weighted by Gasteiger charge is -2.01. The van der Waals surface area contributed by atoms with Crippen LogP contribution < -0.4 is 0 Å². The molecule has 0 amide bonds. The van der Waals surface area contributed by atoms with Crippen molar-refractivity contribution in [1.82, 2.24) is 0 Å². The molecule has 1 heteroatoms. The van der Waals surface area contributed by atoms with Crippen molar-refractivity contribution >= 4 is 5.78 Å². The number of hydrogen-bond donors (Lipinski definition) is 0. The molecule has 0 spiro atoms. The van der Waals surface area contributed by atoms with Crippen molar-refractivity contribution in [2.24, 2.45) is 5.92 Å². The standard InChI is InChI=1S/C8H12O/c1-4-5-7(2)6-8(3)9/h1,7H,5-6H2,2-3H3. The normalized spacial score (nSPS) is 12.1. The molecule has 50 valence electrons. The molecule has 0 rings (SSSR count). The van der Waals surface area contributed by atoms with Crippen LogP contribution in [0.15, 0.2) is 0 Å². The summed E-state index contributed by atoms with van der Waals surface area (Å²) in [6.45, 7) is 3.58. The van der Waals surface area contributed by atoms with Crippen molar-refractivity contribution in [1.29, 1.82) is 0 Å². The van der Waals surface area contributed by atoms with Gasteiger partial charge in [0.15, 0.2) is 0 Å². The third-order valence-corrected chi connectivity index (χ3v) is 1.10. The van der Waals surface area contributed by atoms with Gasteiger partial charge in [0.25, 0.3) is 0 Å². The van der Waals surface area contributed by atoms with Crippen molar-refractivity contribution in [3.05, 3.63) is 0 Å². The van der Waals surface area contributed by atoms with Crippen LogP contribution in [-0.4, -0.2) is 5.78 Å². The molecule has 0 saturated heterocycles. The second-order valence-corrected chi connectivity index (χ2v) is 2.42. The van der Waals surface area contributed by atoms with E-state index in [2.05, 4.69) is 5.92 Å². The molecule has 0 heterocycles. The van der Waals surface area contributed by atoms with Crippen LogP contribution in [0.25, 0.3) is 0 Å². The Hall–Kier alpha value is -0.770. The highest BCUT2D eigenvalue weighted by atomic mass is 16.1. The first-order chi connectivity index (χ1) is 4.16. The summed E-state index contributed by atoms with van der Waals surface area (Å²) in [5.41, 5.74) is 0. The number of terminal acetylenes is 1. The van der Waals surface area contributed by atoms with Gasteiger partial charge in [-0.2, -0.15) is 0 Å². The van der Waals surface area contributed by atoms with Crippen molar-refractivity contribution in [3.63, 3.8) is 0 Å². The number of carbonyl (C=O) groups is 1. The summed E-state index contributed by atoms with van der Waals surface area (Å²) >= 11 is 0. The van der Waals surface area contributed by atoms with Gasteiger partial charge in [-0.05, 0) is 12.8 Å². The van der Waals surface area contributed by atoms with Crippen LogP contribution in [0.3, 0.4) is 0 Å². The Morgan fingerprint density at radius 1 is 1.78 bits per heavy atom. The molecule has 0 aromatic carbocycles. The Kier molecular flexibility index (Phi) is 3.79. The summed E-state index contributed by atoms with van der Waals surface area (Å²) in [7, 11) is 0. The minimum absolute atomic E-state index is 0.220. The van der Waals surface area contributed by atoms with E-state index in [1.165, 1.54) is 0 Å². The first kappa shape index (κ1) is 8.23. The van der Waals surface area contributed by atoms with Gasteiger partial charge >= 0.3 is 0 Å². The predicted octanol–water partition coefficient (Wildman–Crippen LogP) is 1.62. The van der Waals surface area contributed by atoms with Crippen molar-refractivity contribution in [2.45, 2.75) is 26.7 Å². The molecule has 0 aromatic heterocycles. The van der Waals surface area contributed by atoms with Gasteiger partial charge in [0.2, 0.25) is 0 Å². The molecule has 1 nitrogen and oxygen atoms in total. The van der Waals surface area contributed by atoms with E-state index in [9.17, 15) is 4.79 Å². The van der Waals surface area contributed by atoms with E-state index in [0.717, 1.165) is 0 Å². The summed E-state index contributed by atoms with van der Waals surface area (Å²) in [6.07, 6.45) is 6.37. The number of carbonyl (C=O) groups excluding carboxylic acids is 1. The van der Waals surface area contributed by atoms with Gasteiger partial charge in [0.1, 0.15) is 5.78 Å². The van der Waals surface area contributed by atoms with Crippen LogP contribution >= 0.6 is 0 Å². The Morgan fingerprint density at radius 3 is 2.67 bits per heavy atom. The molecular formula is C8H12O. The second kappa shape index (κ2) is 4.14. The number of hydrogen-bond acceptors (Lipinski definition) is 1. The molecule has 0 aliphatic carbocycles. The predicted molar refractivity (Wildman–Crippen MR) is 37.9 cm³/mol. The summed E-state index contributed by atoms with van der Waals surface area (Å²) in [4.78, 5) is 10.5. The molecule has 0 aromatic rings. The van der Waals surface area contributed by atoms with Crippen molar-refractivity contribution < 1.29 is 4.79 Å². The lowest BCUT2D eigenvalue weighted by Crippen LogP contribution is -1.99. The first-order valence-electron chi connectivity index (χ1n) is 3.09. The van der Waals surface area contributed by atoms with E-state index in [-0.39, 0.29) is 5.78 Å². The molecule has 0 fully saturated rings. The SMILES string of the molecule is C#CCC(C)CC(C)=O. The van der Waals surface area contributed by atoms with Crippen LogP contribution in [0.1, 0.15) is 26.7 Å². The average Bonchev–Trinajstić information content (AvgIpc) is 1.63. The third kappa shape index (κ3) is 5.10. The highest BCUT2D eigenvalue weighted by molar-refractivity contribution is 5.75. The molecule has 0 aliphatic rings. The summed E-state index contributed by atoms with van der Waals surface area (Å²) in [5, 5.41) is 0. The van der Waals surface area contributed by atoms with Crippen molar-refractivity contribution in [3.8, 4) is 12.3 Å². The lowest BCUT2D eigenvalue weighted by molar-refractivity contribution is -0.117. The molecule has 0 bridgehead atoms. The Bertz CT molecular complexity index is 130. The molecule has 0 N–H and O–H groups in total. The Balaban J connectivity index is 3.40. The zero-order valence-electron chi connectivity index (χ0n) is 5.98. The van der Waals surface area contributed by atoms with Gasteiger partial charge in [-0.15, -0.1) is 12.3 Å². The quantitative estimate of drug-likeness (QED) is 0.522. The van der Waals surface area contributed by atoms with Crippen LogP contribution in [0.2, 0.25) is 0 Å². The molecule has 0 saturated carbocycles. The highest BCUT2D eigenvalue weighted by Crippen LogP contribution is 2.05. The van der Waals surface area contributed by atoms with Crippen molar-refractivity contribution in [2.75, 3.05) is 0 Å². The van der Waals surface area contributed by atoms with Crippen LogP contribution in [0.5, 0.6) is 0 Å². The Labute approximate surface area is 56.5 Å². The van der Waals surface area contributed by atoms with Gasteiger partial charge in [-0.25, -0.2) is 0 Å². The van der Waals surface area contributed by atoms with Gasteiger partial charge < -0.3 is 4.79 Å². The summed E-state index contributed by atoms with van der Waals surface area (Å²) in [5.74, 6) is 3.09. The molecule has 0 aliphatic heterocycles. The van der Waals surface area contributed by atoms with Gasteiger partial charge in [0.05, 0.1) is 0 Å². The summed E-state index contributed by atoms with van der Waals surface area (Å²) < 4.78 is 0. The minimum atomic E-state index is 0.220. The highest BCUT2D eigenvalue weighted by Gasteiger charge is 2.01. The second-order valence-electron chi connectivity index (χ2n) is 2.42. The van der Waals surface area contributed by atoms with Crippen LogP contribution in [0, 0.1) is 18.3 Å². The van der Waals surface area contributed by atoms with Crippen LogP contribution in [-0.2, 0) is 4.79 Å². The minimum Gasteiger partial charge on any atom is -0.300 e. The maximum Gasteiger partial charge on any atom is 0.130 e. The topological polar surface area (TPSA) is 17.1 Å². The number of rotatable bonds is 3. The van der Waals surface area contributed by atoms with E-state index in [1.54, 1.807) is 6.92 Å². The van der Waals surface area contributed by atoms with Gasteiger partial charge in [0, 0.05) is 12.8 Å². The molecule has 9 heavy (non-hydrogen) atoms. The van der Waals surface area contributed by atoms with Crippen LogP contribution in [0.4, 0.5) is 0 Å². The number of Topliss-reactive ketones (excluding diaryl/α,β-unsaturated/α-hetero) is 1. The molecule has 1 atom stereocenters. The largest absolute Gasteiger partial charge is 0.300 e. The average molecular weight is 124 g/mol. The van der Waals surface area contributed by atoms with E-state index in [1.807, 2.05) is 6.92 Å². The monoisotopic (exact) mass is 124 g/mol. The Morgan fingerprint density at radius 2 is 2.33 bits per heavy atom. The summed E-state index contributed by atoms with van der Waals surface area (Å²) in [6, 6.07) is 0. The zero-order chi connectivity index (χ0) is 7.28. The third-order valence-electron chi connectivity index (χ3n) is 1.10. The molecular weight excluding hydrogens is 112 g/mol. The fourth-order valence-corrected chi connectivity index (χ4v) is 0.764. The van der Waals surface area contributed by atoms with E-state index < -0.39 is 0 Å². The zero-order valence-corrected chi connectivity index (χ0v) is 5.98. The van der Waals surface area contributed by atoms with E-state index in [4.69, 9.17) is 6.42 Å². The smallest absolute Gasteiger partial charge is 0.130 e. The maximum absolute atomic E-state index is 10.5. The number of ketones is 1. The molecule has 0 radical (unpaired) electrons. The first-order valence-corrected chi connectivity index (χ1v) is 3.09. The van der Waals surface area contributed by atoms with Gasteiger partial charge in [-0.3, -0.25) is 0 Å². The molecule has 1 unspecified atom stereocenters. The fourth-order valence-electron chi connectivity index (χ4n) is 0.764. The van der Waals surface area contributed by atoms with E-state index in [0.29, 0.717) is 18.8 Å². The maximum atomic E-state index is 10.5. The van der Waals surface area contributed by atoms with Gasteiger partial charge in [-0.1, -0.05) is 6.92 Å². The fraction of sp³-hybridized carbons (Fsp3) is 0.625.